The van der Waals surface area contributed by atoms with Crippen molar-refractivity contribution in [1.29, 1.82) is 0 Å². The van der Waals surface area contributed by atoms with E-state index in [2.05, 4.69) is 28.6 Å². The van der Waals surface area contributed by atoms with E-state index in [-0.39, 0.29) is 18.1 Å². The van der Waals surface area contributed by atoms with Gasteiger partial charge in [0.1, 0.15) is 24.2 Å². The molecule has 0 bridgehead atoms. The van der Waals surface area contributed by atoms with Crippen molar-refractivity contribution in [3.8, 4) is 0 Å². The van der Waals surface area contributed by atoms with Crippen molar-refractivity contribution in [2.45, 2.75) is 44.4 Å². The maximum absolute atomic E-state index is 12.4. The minimum Gasteiger partial charge on any atom is -0.480 e. The van der Waals surface area contributed by atoms with Gasteiger partial charge in [0.2, 0.25) is 17.7 Å². The van der Waals surface area contributed by atoms with Crippen LogP contribution in [0.4, 0.5) is 0 Å². The van der Waals surface area contributed by atoms with Crippen LogP contribution in [0.5, 0.6) is 0 Å². The molecule has 156 valence electrons. The molecule has 4 unspecified atom stereocenters. The summed E-state index contributed by atoms with van der Waals surface area (Å²) in [6, 6.07) is -4.98. The highest BCUT2D eigenvalue weighted by atomic mass is 32.1. The first kappa shape index (κ1) is 25.1. The van der Waals surface area contributed by atoms with Crippen LogP contribution in [0.15, 0.2) is 0 Å². The Morgan fingerprint density at radius 2 is 1.37 bits per heavy atom. The fraction of sp³-hybridized carbons (Fsp3) is 0.733. The third-order valence-corrected chi connectivity index (χ3v) is 3.85. The molecule has 3 amide bonds. The molecular weight excluding hydrogens is 380 g/mol. The highest BCUT2D eigenvalue weighted by molar-refractivity contribution is 7.80. The molecule has 0 aromatic rings. The van der Waals surface area contributed by atoms with E-state index in [4.69, 9.17) is 15.9 Å². The molecule has 8 N–H and O–H groups in total. The lowest BCUT2D eigenvalue weighted by Gasteiger charge is -2.24. The zero-order chi connectivity index (χ0) is 21.1. The number of hydrogen-bond acceptors (Lipinski definition) is 8. The van der Waals surface area contributed by atoms with Gasteiger partial charge >= 0.3 is 5.97 Å². The van der Waals surface area contributed by atoms with E-state index in [1.165, 1.54) is 0 Å². The maximum Gasteiger partial charge on any atom is 0.327 e. The summed E-state index contributed by atoms with van der Waals surface area (Å²) in [4.78, 5) is 47.3. The van der Waals surface area contributed by atoms with Gasteiger partial charge in [-0.05, 0) is 12.3 Å². The Kier molecular flexibility index (Phi) is 11.6. The molecule has 0 aromatic heterocycles. The number of carbonyl (C=O) groups is 4. The van der Waals surface area contributed by atoms with Crippen LogP contribution in [0, 0.1) is 5.92 Å². The molecule has 0 radical (unpaired) electrons. The van der Waals surface area contributed by atoms with Gasteiger partial charge in [0.15, 0.2) is 0 Å². The summed E-state index contributed by atoms with van der Waals surface area (Å²) in [6.45, 7) is 2.22. The van der Waals surface area contributed by atoms with Crippen molar-refractivity contribution >= 4 is 36.3 Å². The molecule has 0 rings (SSSR count). The zero-order valence-corrected chi connectivity index (χ0v) is 16.1. The second-order valence-corrected chi connectivity index (χ2v) is 6.67. The first-order valence-corrected chi connectivity index (χ1v) is 8.92. The van der Waals surface area contributed by atoms with Crippen molar-refractivity contribution in [2.24, 2.45) is 11.7 Å². The smallest absolute Gasteiger partial charge is 0.327 e. The van der Waals surface area contributed by atoms with Gasteiger partial charge in [-0.15, -0.1) is 0 Å². The Bertz CT molecular complexity index is 532. The van der Waals surface area contributed by atoms with Crippen LogP contribution in [0.3, 0.4) is 0 Å². The summed E-state index contributed by atoms with van der Waals surface area (Å²) in [5, 5.41) is 34.0. The Labute approximate surface area is 162 Å². The molecule has 11 nitrogen and oxygen atoms in total. The molecule has 0 aliphatic carbocycles. The number of nitrogens with one attached hydrogen (secondary N) is 3. The number of rotatable bonds is 12. The lowest BCUT2D eigenvalue weighted by molar-refractivity contribution is -0.142. The quantitative estimate of drug-likeness (QED) is 0.155. The number of aliphatic carboxylic acids is 1. The van der Waals surface area contributed by atoms with E-state index in [1.807, 2.05) is 0 Å². The standard InChI is InChI=1S/C15H28N4O7S/c1-7(2)3-9(17-12(22)8(16)4-20)13(23)18-10(5-21)14(24)19-11(6-27)15(25)26/h7-11,20-21,27H,3-6,16H2,1-2H3,(H,17,22)(H,18,23)(H,19,24)(H,25,26). The Hall–Kier alpha value is -1.89. The van der Waals surface area contributed by atoms with Crippen LogP contribution >= 0.6 is 12.6 Å². The summed E-state index contributed by atoms with van der Waals surface area (Å²) < 4.78 is 0. The monoisotopic (exact) mass is 408 g/mol. The number of aliphatic hydroxyl groups is 2. The van der Waals surface area contributed by atoms with Gasteiger partial charge < -0.3 is 37.0 Å². The number of nitrogens with two attached hydrogens (primary N) is 1. The maximum atomic E-state index is 12.4. The van der Waals surface area contributed by atoms with E-state index in [1.54, 1.807) is 13.8 Å². The van der Waals surface area contributed by atoms with E-state index in [0.717, 1.165) is 0 Å². The molecule has 0 aliphatic heterocycles. The van der Waals surface area contributed by atoms with Gasteiger partial charge in [-0.2, -0.15) is 12.6 Å². The summed E-state index contributed by atoms with van der Waals surface area (Å²) >= 11 is 3.81. The average molecular weight is 408 g/mol. The Balaban J connectivity index is 5.10. The topological polar surface area (TPSA) is 191 Å². The predicted octanol–water partition coefficient (Wildman–Crippen LogP) is -3.19. The Morgan fingerprint density at radius 1 is 0.889 bits per heavy atom. The van der Waals surface area contributed by atoms with Gasteiger partial charge in [-0.3, -0.25) is 14.4 Å². The molecular formula is C15H28N4O7S. The summed E-state index contributed by atoms with van der Waals surface area (Å²) in [5.41, 5.74) is 5.41. The first-order chi connectivity index (χ1) is 12.6. The summed E-state index contributed by atoms with van der Waals surface area (Å²) in [5.74, 6) is -3.91. The van der Waals surface area contributed by atoms with Crippen LogP contribution in [0.2, 0.25) is 0 Å². The van der Waals surface area contributed by atoms with E-state index < -0.39 is 61.1 Å². The fourth-order valence-electron chi connectivity index (χ4n) is 1.99. The van der Waals surface area contributed by atoms with Crippen molar-refractivity contribution in [3.63, 3.8) is 0 Å². The second kappa shape index (κ2) is 12.5. The number of carboxylic acid groups (broad SMARTS) is 1. The van der Waals surface area contributed by atoms with Gasteiger partial charge in [0, 0.05) is 5.75 Å². The van der Waals surface area contributed by atoms with Crippen LogP contribution in [-0.2, 0) is 19.2 Å². The molecule has 0 aromatic carbocycles. The lowest BCUT2D eigenvalue weighted by atomic mass is 10.0. The molecule has 0 spiro atoms. The van der Waals surface area contributed by atoms with E-state index in [9.17, 15) is 24.3 Å². The molecule has 0 saturated carbocycles. The molecule has 12 heteroatoms. The van der Waals surface area contributed by atoms with Crippen LogP contribution < -0.4 is 21.7 Å². The number of carboxylic acids is 1. The van der Waals surface area contributed by atoms with Gasteiger partial charge in [0.25, 0.3) is 0 Å². The first-order valence-electron chi connectivity index (χ1n) is 8.29. The summed E-state index contributed by atoms with van der Waals surface area (Å²) in [7, 11) is 0. The van der Waals surface area contributed by atoms with Crippen molar-refractivity contribution in [2.75, 3.05) is 19.0 Å². The number of thiol groups is 1. The molecule has 0 saturated heterocycles. The highest BCUT2D eigenvalue weighted by Crippen LogP contribution is 2.06. The molecule has 0 heterocycles. The van der Waals surface area contributed by atoms with Crippen LogP contribution in [0.1, 0.15) is 20.3 Å². The number of carbonyl (C=O) groups excluding carboxylic acids is 3. The third-order valence-electron chi connectivity index (χ3n) is 3.49. The molecule has 4 atom stereocenters. The molecule has 27 heavy (non-hydrogen) atoms. The average Bonchev–Trinajstić information content (AvgIpc) is 2.61. The Morgan fingerprint density at radius 3 is 1.78 bits per heavy atom. The number of amides is 3. The van der Waals surface area contributed by atoms with Crippen LogP contribution in [-0.4, -0.2) is 82.1 Å². The third kappa shape index (κ3) is 9.04. The minimum atomic E-state index is -1.42. The lowest BCUT2D eigenvalue weighted by Crippen LogP contribution is -2.58. The van der Waals surface area contributed by atoms with Crippen molar-refractivity contribution in [3.05, 3.63) is 0 Å². The SMILES string of the molecule is CC(C)CC(NC(=O)C(N)CO)C(=O)NC(CO)C(=O)NC(CS)C(=O)O. The zero-order valence-electron chi connectivity index (χ0n) is 15.2. The largest absolute Gasteiger partial charge is 0.480 e. The van der Waals surface area contributed by atoms with Crippen molar-refractivity contribution in [1.82, 2.24) is 16.0 Å². The highest BCUT2D eigenvalue weighted by Gasteiger charge is 2.29. The van der Waals surface area contributed by atoms with Gasteiger partial charge in [-0.25, -0.2) is 4.79 Å². The number of aliphatic hydroxyl groups excluding tert-OH is 2. The molecule has 0 fully saturated rings. The van der Waals surface area contributed by atoms with Gasteiger partial charge in [-0.1, -0.05) is 13.8 Å². The van der Waals surface area contributed by atoms with Crippen molar-refractivity contribution < 1.29 is 34.5 Å². The predicted molar refractivity (Wildman–Crippen MR) is 98.9 cm³/mol. The molecule has 0 aliphatic rings. The normalized spacial score (nSPS) is 15.4. The van der Waals surface area contributed by atoms with Gasteiger partial charge in [0.05, 0.1) is 13.2 Å². The second-order valence-electron chi connectivity index (χ2n) is 6.31. The van der Waals surface area contributed by atoms with E-state index in [0.29, 0.717) is 0 Å². The summed E-state index contributed by atoms with van der Waals surface area (Å²) in [6.07, 6.45) is 0.212. The van der Waals surface area contributed by atoms with Crippen LogP contribution in [0.25, 0.3) is 0 Å². The van der Waals surface area contributed by atoms with E-state index >= 15 is 0 Å². The fourth-order valence-corrected chi connectivity index (χ4v) is 2.24. The minimum absolute atomic E-state index is 0.00613. The number of hydrogen-bond donors (Lipinski definition) is 8.